The maximum atomic E-state index is 13.1. The Morgan fingerprint density at radius 2 is 1.55 bits per heavy atom. The van der Waals surface area contributed by atoms with Gasteiger partial charge in [-0.25, -0.2) is 4.68 Å². The van der Waals surface area contributed by atoms with E-state index in [4.69, 9.17) is 9.47 Å². The molecule has 0 bridgehead atoms. The summed E-state index contributed by atoms with van der Waals surface area (Å²) in [6, 6.07) is 27.7. The van der Waals surface area contributed by atoms with Crippen LogP contribution in [0.4, 0.5) is 5.82 Å². The number of carbonyl (C=O) groups is 1. The van der Waals surface area contributed by atoms with Gasteiger partial charge < -0.3 is 14.8 Å². The topological polar surface area (TPSA) is 65.4 Å². The van der Waals surface area contributed by atoms with Gasteiger partial charge in [0.05, 0.1) is 27.0 Å². The molecule has 0 unspecified atom stereocenters. The minimum Gasteiger partial charge on any atom is -0.493 e. The zero-order chi connectivity index (χ0) is 23.0. The van der Waals surface area contributed by atoms with Gasteiger partial charge in [-0.1, -0.05) is 72.8 Å². The molecule has 1 heterocycles. The van der Waals surface area contributed by atoms with Gasteiger partial charge in [-0.2, -0.15) is 5.10 Å². The average Bonchev–Trinajstić information content (AvgIpc) is 3.29. The molecule has 0 saturated heterocycles. The largest absolute Gasteiger partial charge is 0.493 e. The first-order chi connectivity index (χ1) is 16.2. The quantitative estimate of drug-likeness (QED) is 0.392. The molecule has 1 amide bonds. The third-order valence-electron chi connectivity index (χ3n) is 5.58. The molecule has 33 heavy (non-hydrogen) atoms. The van der Waals surface area contributed by atoms with Crippen LogP contribution < -0.4 is 14.8 Å². The number of hydrogen-bond acceptors (Lipinski definition) is 4. The van der Waals surface area contributed by atoms with Crippen molar-refractivity contribution in [2.45, 2.75) is 18.9 Å². The number of nitrogens with zero attached hydrogens (tertiary/aromatic N) is 2. The van der Waals surface area contributed by atoms with Gasteiger partial charge in [0.2, 0.25) is 5.91 Å². The molecule has 4 aromatic rings. The summed E-state index contributed by atoms with van der Waals surface area (Å²) in [6.07, 6.45) is 2.00. The van der Waals surface area contributed by atoms with Crippen molar-refractivity contribution in [3.63, 3.8) is 0 Å². The molecule has 6 heteroatoms. The van der Waals surface area contributed by atoms with Gasteiger partial charge in [-0.15, -0.1) is 0 Å². The van der Waals surface area contributed by atoms with Gasteiger partial charge in [0.1, 0.15) is 5.82 Å². The fraction of sp³-hybridized carbons (Fsp3) is 0.185. The van der Waals surface area contributed by atoms with E-state index in [1.807, 2.05) is 54.6 Å². The van der Waals surface area contributed by atoms with Gasteiger partial charge in [-0.05, 0) is 17.2 Å². The predicted molar refractivity (Wildman–Crippen MR) is 129 cm³/mol. The number of anilines is 1. The summed E-state index contributed by atoms with van der Waals surface area (Å²) >= 11 is 0. The van der Waals surface area contributed by atoms with Crippen molar-refractivity contribution in [2.24, 2.45) is 0 Å². The van der Waals surface area contributed by atoms with Crippen LogP contribution >= 0.6 is 0 Å². The highest BCUT2D eigenvalue weighted by Crippen LogP contribution is 2.32. The molecule has 0 spiro atoms. The Morgan fingerprint density at radius 1 is 0.879 bits per heavy atom. The van der Waals surface area contributed by atoms with Gasteiger partial charge in [0, 0.05) is 24.0 Å². The van der Waals surface area contributed by atoms with Crippen LogP contribution in [-0.4, -0.2) is 29.9 Å². The minimum absolute atomic E-state index is 0.0396. The van der Waals surface area contributed by atoms with Crippen molar-refractivity contribution >= 4 is 11.7 Å². The molecule has 4 rings (SSSR count). The van der Waals surface area contributed by atoms with Crippen LogP contribution in [0.5, 0.6) is 11.5 Å². The Kier molecular flexibility index (Phi) is 7.05. The maximum absolute atomic E-state index is 13.1. The first-order valence-electron chi connectivity index (χ1n) is 10.8. The van der Waals surface area contributed by atoms with Crippen molar-refractivity contribution in [3.05, 3.63) is 108 Å². The number of benzene rings is 3. The molecule has 0 radical (unpaired) electrons. The summed E-state index contributed by atoms with van der Waals surface area (Å²) < 4.78 is 12.7. The summed E-state index contributed by atoms with van der Waals surface area (Å²) in [5.74, 6) is 1.82. The first-order valence-corrected chi connectivity index (χ1v) is 10.8. The molecular weight excluding hydrogens is 414 g/mol. The van der Waals surface area contributed by atoms with Crippen molar-refractivity contribution in [1.82, 2.24) is 9.78 Å². The lowest BCUT2D eigenvalue weighted by Crippen LogP contribution is -2.19. The Labute approximate surface area is 193 Å². The SMILES string of the molecule is COc1cccc(Cn2nccc2NC(=O)CC(c2ccccc2)c2ccccc2)c1OC. The van der Waals surface area contributed by atoms with Gasteiger partial charge >= 0.3 is 0 Å². The fourth-order valence-corrected chi connectivity index (χ4v) is 3.98. The number of ether oxygens (including phenoxy) is 2. The van der Waals surface area contributed by atoms with E-state index in [1.165, 1.54) is 0 Å². The first kappa shape index (κ1) is 22.1. The molecule has 0 saturated carbocycles. The van der Waals surface area contributed by atoms with Crippen molar-refractivity contribution < 1.29 is 14.3 Å². The Hall–Kier alpha value is -4.06. The van der Waals surface area contributed by atoms with Gasteiger partial charge in [-0.3, -0.25) is 4.79 Å². The lowest BCUT2D eigenvalue weighted by molar-refractivity contribution is -0.116. The molecule has 6 nitrogen and oxygen atoms in total. The normalized spacial score (nSPS) is 10.8. The molecule has 0 aliphatic carbocycles. The monoisotopic (exact) mass is 441 g/mol. The number of methoxy groups -OCH3 is 2. The van der Waals surface area contributed by atoms with Gasteiger partial charge in [0.15, 0.2) is 11.5 Å². The molecule has 0 fully saturated rings. The molecular formula is C27H27N3O3. The summed E-state index contributed by atoms with van der Waals surface area (Å²) in [7, 11) is 3.22. The number of hydrogen-bond donors (Lipinski definition) is 1. The van der Waals surface area contributed by atoms with E-state index in [0.29, 0.717) is 30.3 Å². The van der Waals surface area contributed by atoms with E-state index in [2.05, 4.69) is 34.7 Å². The third-order valence-corrected chi connectivity index (χ3v) is 5.58. The minimum atomic E-state index is -0.0768. The molecule has 1 aromatic heterocycles. The molecule has 0 aliphatic rings. The highest BCUT2D eigenvalue weighted by molar-refractivity contribution is 5.90. The zero-order valence-corrected chi connectivity index (χ0v) is 18.8. The summed E-state index contributed by atoms with van der Waals surface area (Å²) in [5, 5.41) is 7.43. The van der Waals surface area contributed by atoms with Crippen molar-refractivity contribution in [2.75, 3.05) is 19.5 Å². The molecule has 168 valence electrons. The van der Waals surface area contributed by atoms with Crippen LogP contribution in [0.15, 0.2) is 91.1 Å². The van der Waals surface area contributed by atoms with E-state index < -0.39 is 0 Å². The van der Waals surface area contributed by atoms with Crippen LogP contribution in [0, 0.1) is 0 Å². The van der Waals surface area contributed by atoms with E-state index in [1.54, 1.807) is 31.2 Å². The summed E-state index contributed by atoms with van der Waals surface area (Å²) in [5.41, 5.74) is 3.12. The highest BCUT2D eigenvalue weighted by Gasteiger charge is 2.19. The standard InChI is InChI=1S/C27H27N3O3/c1-32-24-15-9-14-22(27(24)33-2)19-30-25(16-17-28-30)29-26(31)18-23(20-10-5-3-6-11-20)21-12-7-4-8-13-21/h3-17,23H,18-19H2,1-2H3,(H,29,31). The highest BCUT2D eigenvalue weighted by atomic mass is 16.5. The van der Waals surface area contributed by atoms with Crippen LogP contribution in [0.25, 0.3) is 0 Å². The second-order valence-electron chi connectivity index (χ2n) is 7.65. The van der Waals surface area contributed by atoms with Crippen LogP contribution in [0.2, 0.25) is 0 Å². The second-order valence-corrected chi connectivity index (χ2v) is 7.65. The lowest BCUT2D eigenvalue weighted by atomic mass is 9.88. The summed E-state index contributed by atoms with van der Waals surface area (Å²) in [4.78, 5) is 13.1. The lowest BCUT2D eigenvalue weighted by Gasteiger charge is -2.18. The molecule has 3 aromatic carbocycles. The zero-order valence-electron chi connectivity index (χ0n) is 18.8. The van der Waals surface area contributed by atoms with Gasteiger partial charge in [0.25, 0.3) is 0 Å². The van der Waals surface area contributed by atoms with Crippen LogP contribution in [-0.2, 0) is 11.3 Å². The third kappa shape index (κ3) is 5.23. The van der Waals surface area contributed by atoms with E-state index >= 15 is 0 Å². The molecule has 0 atom stereocenters. The average molecular weight is 442 g/mol. The number of rotatable bonds is 9. The number of nitrogens with one attached hydrogen (secondary N) is 1. The number of amides is 1. The number of para-hydroxylation sites is 1. The van der Waals surface area contributed by atoms with Crippen molar-refractivity contribution in [1.29, 1.82) is 0 Å². The van der Waals surface area contributed by atoms with Crippen LogP contribution in [0.1, 0.15) is 29.0 Å². The number of carbonyl (C=O) groups excluding carboxylic acids is 1. The number of aromatic nitrogens is 2. The maximum Gasteiger partial charge on any atom is 0.226 e. The predicted octanol–water partition coefficient (Wildman–Crippen LogP) is 5.11. The molecule has 1 N–H and O–H groups in total. The van der Waals surface area contributed by atoms with E-state index in [9.17, 15) is 4.79 Å². The van der Waals surface area contributed by atoms with E-state index in [-0.39, 0.29) is 11.8 Å². The Bertz CT molecular complexity index is 1150. The smallest absolute Gasteiger partial charge is 0.226 e. The van der Waals surface area contributed by atoms with E-state index in [0.717, 1.165) is 16.7 Å². The second kappa shape index (κ2) is 10.5. The summed E-state index contributed by atoms with van der Waals surface area (Å²) in [6.45, 7) is 0.434. The Balaban J connectivity index is 1.52. The van der Waals surface area contributed by atoms with Crippen molar-refractivity contribution in [3.8, 4) is 11.5 Å². The van der Waals surface area contributed by atoms with Crippen LogP contribution in [0.3, 0.4) is 0 Å². The Morgan fingerprint density at radius 3 is 2.15 bits per heavy atom. The fourth-order valence-electron chi connectivity index (χ4n) is 3.98. The molecule has 0 aliphatic heterocycles.